The largest absolute Gasteiger partial charge is 0.493 e. The third-order valence-corrected chi connectivity index (χ3v) is 4.42. The van der Waals surface area contributed by atoms with Crippen molar-refractivity contribution < 1.29 is 14.3 Å². The standard InChI is InChI=1S/C24H26N2O3.ClH/c1-18-8-11-21(12-9-18)26-24(27)17-29-22-13-10-20(14-23(22)28-2)16-25-15-19-6-4-3-5-7-19;/h3-14,25H,15-17H2,1-2H3,(H,26,27);1H. The van der Waals surface area contributed by atoms with E-state index in [2.05, 4.69) is 22.8 Å². The van der Waals surface area contributed by atoms with E-state index in [1.54, 1.807) is 7.11 Å². The molecule has 0 radical (unpaired) electrons. The maximum Gasteiger partial charge on any atom is 0.262 e. The van der Waals surface area contributed by atoms with Crippen molar-refractivity contribution in [2.45, 2.75) is 20.0 Å². The van der Waals surface area contributed by atoms with Crippen LogP contribution >= 0.6 is 12.4 Å². The molecule has 0 unspecified atom stereocenters. The van der Waals surface area contributed by atoms with E-state index >= 15 is 0 Å². The van der Waals surface area contributed by atoms with Gasteiger partial charge in [-0.05, 0) is 42.3 Å². The molecule has 5 nitrogen and oxygen atoms in total. The van der Waals surface area contributed by atoms with Crippen molar-refractivity contribution in [3.63, 3.8) is 0 Å². The molecule has 0 bridgehead atoms. The minimum atomic E-state index is -0.218. The Morgan fingerprint density at radius 3 is 2.27 bits per heavy atom. The monoisotopic (exact) mass is 426 g/mol. The first-order valence-corrected chi connectivity index (χ1v) is 9.55. The molecule has 6 heteroatoms. The molecule has 1 amide bonds. The van der Waals surface area contributed by atoms with Gasteiger partial charge in [-0.2, -0.15) is 0 Å². The van der Waals surface area contributed by atoms with Crippen LogP contribution in [0, 0.1) is 6.92 Å². The van der Waals surface area contributed by atoms with Crippen LogP contribution in [-0.4, -0.2) is 19.6 Å². The Hall–Kier alpha value is -3.02. The van der Waals surface area contributed by atoms with Crippen LogP contribution in [-0.2, 0) is 17.9 Å². The van der Waals surface area contributed by atoms with Crippen LogP contribution in [0.5, 0.6) is 11.5 Å². The highest BCUT2D eigenvalue weighted by molar-refractivity contribution is 5.91. The number of methoxy groups -OCH3 is 1. The summed E-state index contributed by atoms with van der Waals surface area (Å²) in [5.41, 5.74) is 4.20. The molecule has 158 valence electrons. The third-order valence-electron chi connectivity index (χ3n) is 4.42. The lowest BCUT2D eigenvalue weighted by molar-refractivity contribution is -0.118. The van der Waals surface area contributed by atoms with Crippen molar-refractivity contribution in [1.29, 1.82) is 0 Å². The molecule has 30 heavy (non-hydrogen) atoms. The fraction of sp³-hybridized carbons (Fsp3) is 0.208. The Bertz CT molecular complexity index is 931. The van der Waals surface area contributed by atoms with Gasteiger partial charge < -0.3 is 20.1 Å². The smallest absolute Gasteiger partial charge is 0.262 e. The molecule has 0 aliphatic heterocycles. The van der Waals surface area contributed by atoms with Gasteiger partial charge in [-0.1, -0.05) is 54.1 Å². The Labute approximate surface area is 183 Å². The van der Waals surface area contributed by atoms with E-state index in [4.69, 9.17) is 9.47 Å². The van der Waals surface area contributed by atoms with E-state index < -0.39 is 0 Å². The average molecular weight is 427 g/mol. The summed E-state index contributed by atoms with van der Waals surface area (Å²) in [7, 11) is 1.59. The number of hydrogen-bond acceptors (Lipinski definition) is 4. The lowest BCUT2D eigenvalue weighted by atomic mass is 10.2. The molecule has 0 aliphatic rings. The summed E-state index contributed by atoms with van der Waals surface area (Å²) in [5, 5.41) is 6.23. The zero-order valence-corrected chi connectivity index (χ0v) is 18.0. The predicted octanol–water partition coefficient (Wildman–Crippen LogP) is 4.73. The van der Waals surface area contributed by atoms with E-state index in [0.717, 1.165) is 23.4 Å². The Morgan fingerprint density at radius 2 is 1.57 bits per heavy atom. The third kappa shape index (κ3) is 7.10. The lowest BCUT2D eigenvalue weighted by Gasteiger charge is -2.13. The minimum Gasteiger partial charge on any atom is -0.493 e. The van der Waals surface area contributed by atoms with Crippen LogP contribution in [0.1, 0.15) is 16.7 Å². The summed E-state index contributed by atoms with van der Waals surface area (Å²) < 4.78 is 11.1. The molecule has 0 heterocycles. The van der Waals surface area contributed by atoms with E-state index in [1.165, 1.54) is 5.56 Å². The van der Waals surface area contributed by atoms with Crippen molar-refractivity contribution in [2.75, 3.05) is 19.0 Å². The summed E-state index contributed by atoms with van der Waals surface area (Å²) >= 11 is 0. The molecule has 0 fully saturated rings. The number of halogens is 1. The highest BCUT2D eigenvalue weighted by atomic mass is 35.5. The molecule has 3 aromatic carbocycles. The van der Waals surface area contributed by atoms with Crippen molar-refractivity contribution in [2.24, 2.45) is 0 Å². The van der Waals surface area contributed by atoms with Gasteiger partial charge in [-0.25, -0.2) is 0 Å². The molecule has 0 saturated heterocycles. The maximum absolute atomic E-state index is 12.1. The number of carbonyl (C=O) groups excluding carboxylic acids is 1. The van der Waals surface area contributed by atoms with Gasteiger partial charge in [0.1, 0.15) is 0 Å². The molecular formula is C24H27ClN2O3. The topological polar surface area (TPSA) is 59.6 Å². The van der Waals surface area contributed by atoms with Crippen molar-refractivity contribution in [1.82, 2.24) is 5.32 Å². The number of ether oxygens (including phenoxy) is 2. The maximum atomic E-state index is 12.1. The van der Waals surface area contributed by atoms with Crippen LogP contribution in [0.2, 0.25) is 0 Å². The molecule has 3 rings (SSSR count). The Morgan fingerprint density at radius 1 is 0.867 bits per heavy atom. The molecule has 2 N–H and O–H groups in total. The molecule has 0 atom stereocenters. The Balaban J connectivity index is 0.00000320. The molecular weight excluding hydrogens is 400 g/mol. The van der Waals surface area contributed by atoms with E-state index in [1.807, 2.05) is 67.6 Å². The average Bonchev–Trinajstić information content (AvgIpc) is 2.75. The number of nitrogens with one attached hydrogen (secondary N) is 2. The molecule has 0 spiro atoms. The number of anilines is 1. The molecule has 0 aliphatic carbocycles. The SMILES string of the molecule is COc1cc(CNCc2ccccc2)ccc1OCC(=O)Nc1ccc(C)cc1.Cl. The minimum absolute atomic E-state index is 0. The summed E-state index contributed by atoms with van der Waals surface area (Å²) in [6, 6.07) is 23.6. The second-order valence-electron chi connectivity index (χ2n) is 6.78. The highest BCUT2D eigenvalue weighted by Gasteiger charge is 2.09. The summed E-state index contributed by atoms with van der Waals surface area (Å²) in [6.07, 6.45) is 0. The summed E-state index contributed by atoms with van der Waals surface area (Å²) in [5.74, 6) is 0.926. The summed E-state index contributed by atoms with van der Waals surface area (Å²) in [4.78, 5) is 12.1. The predicted molar refractivity (Wildman–Crippen MR) is 123 cm³/mol. The second kappa shape index (κ2) is 11.9. The van der Waals surface area contributed by atoms with Crippen LogP contribution in [0.4, 0.5) is 5.69 Å². The van der Waals surface area contributed by atoms with Gasteiger partial charge in [0.2, 0.25) is 0 Å². The van der Waals surface area contributed by atoms with E-state index in [9.17, 15) is 4.79 Å². The fourth-order valence-electron chi connectivity index (χ4n) is 2.87. The first kappa shape index (κ1) is 23.3. The lowest BCUT2D eigenvalue weighted by Crippen LogP contribution is -2.20. The molecule has 0 saturated carbocycles. The molecule has 0 aromatic heterocycles. The van der Waals surface area contributed by atoms with Gasteiger partial charge in [0, 0.05) is 18.8 Å². The van der Waals surface area contributed by atoms with Crippen LogP contribution in [0.15, 0.2) is 72.8 Å². The van der Waals surface area contributed by atoms with Crippen LogP contribution in [0.25, 0.3) is 0 Å². The quantitative estimate of drug-likeness (QED) is 0.519. The zero-order chi connectivity index (χ0) is 20.5. The number of benzene rings is 3. The Kier molecular flexibility index (Phi) is 9.19. The van der Waals surface area contributed by atoms with Gasteiger partial charge in [0.15, 0.2) is 18.1 Å². The number of carbonyl (C=O) groups is 1. The number of amides is 1. The van der Waals surface area contributed by atoms with Crippen LogP contribution < -0.4 is 20.1 Å². The van der Waals surface area contributed by atoms with Gasteiger partial charge in [0.05, 0.1) is 7.11 Å². The number of hydrogen-bond donors (Lipinski definition) is 2. The van der Waals surface area contributed by atoms with Crippen molar-refractivity contribution >= 4 is 24.0 Å². The van der Waals surface area contributed by atoms with Gasteiger partial charge in [-0.3, -0.25) is 4.79 Å². The van der Waals surface area contributed by atoms with Gasteiger partial charge in [-0.15, -0.1) is 12.4 Å². The van der Waals surface area contributed by atoms with Crippen molar-refractivity contribution in [3.8, 4) is 11.5 Å². The number of rotatable bonds is 9. The van der Waals surface area contributed by atoms with Gasteiger partial charge in [0.25, 0.3) is 5.91 Å². The second-order valence-corrected chi connectivity index (χ2v) is 6.78. The highest BCUT2D eigenvalue weighted by Crippen LogP contribution is 2.28. The van der Waals surface area contributed by atoms with Crippen molar-refractivity contribution in [3.05, 3.63) is 89.5 Å². The first-order chi connectivity index (χ1) is 14.1. The normalized spacial score (nSPS) is 10.1. The van der Waals surface area contributed by atoms with Gasteiger partial charge >= 0.3 is 0 Å². The van der Waals surface area contributed by atoms with Crippen LogP contribution in [0.3, 0.4) is 0 Å². The fourth-order valence-corrected chi connectivity index (χ4v) is 2.87. The number of aryl methyl sites for hydroxylation is 1. The first-order valence-electron chi connectivity index (χ1n) is 9.55. The molecule has 3 aromatic rings. The summed E-state index contributed by atoms with van der Waals surface area (Å²) in [6.45, 7) is 3.41. The zero-order valence-electron chi connectivity index (χ0n) is 17.2. The van der Waals surface area contributed by atoms with E-state index in [0.29, 0.717) is 18.0 Å². The van der Waals surface area contributed by atoms with E-state index in [-0.39, 0.29) is 24.9 Å².